The van der Waals surface area contributed by atoms with Gasteiger partial charge < -0.3 is 5.32 Å². The van der Waals surface area contributed by atoms with Crippen molar-refractivity contribution in [2.24, 2.45) is 0 Å². The summed E-state index contributed by atoms with van der Waals surface area (Å²) in [5.74, 6) is -0.0225. The number of benzene rings is 1. The summed E-state index contributed by atoms with van der Waals surface area (Å²) < 4.78 is 0. The molecule has 0 aromatic heterocycles. The Morgan fingerprint density at radius 2 is 2.15 bits per heavy atom. The monoisotopic (exact) mass is 177 g/mol. The number of hydrogen-bond acceptors (Lipinski definition) is 1. The molecule has 0 aliphatic heterocycles. The predicted molar refractivity (Wildman–Crippen MR) is 53.9 cm³/mol. The van der Waals surface area contributed by atoms with Crippen molar-refractivity contribution in [2.75, 3.05) is 7.05 Å². The first-order valence-electron chi connectivity index (χ1n) is 4.50. The minimum Gasteiger partial charge on any atom is -0.355 e. The number of amides is 1. The van der Waals surface area contributed by atoms with Gasteiger partial charge in [-0.2, -0.15) is 0 Å². The highest BCUT2D eigenvalue weighted by Crippen LogP contribution is 2.11. The summed E-state index contributed by atoms with van der Waals surface area (Å²) >= 11 is 0. The zero-order valence-electron chi connectivity index (χ0n) is 8.35. The Labute approximate surface area is 79.0 Å². The van der Waals surface area contributed by atoms with Gasteiger partial charge in [-0.1, -0.05) is 13.0 Å². The topological polar surface area (TPSA) is 29.1 Å². The van der Waals surface area contributed by atoms with Gasteiger partial charge in [0, 0.05) is 12.6 Å². The molecule has 1 aromatic rings. The third-order valence-electron chi connectivity index (χ3n) is 2.21. The second-order valence-corrected chi connectivity index (χ2v) is 3.07. The highest BCUT2D eigenvalue weighted by atomic mass is 16.1. The van der Waals surface area contributed by atoms with Gasteiger partial charge in [-0.3, -0.25) is 4.79 Å². The summed E-state index contributed by atoms with van der Waals surface area (Å²) in [6.07, 6.45) is 1.01. The summed E-state index contributed by atoms with van der Waals surface area (Å²) in [7, 11) is 1.64. The third kappa shape index (κ3) is 2.08. The molecule has 2 nitrogen and oxygen atoms in total. The largest absolute Gasteiger partial charge is 0.355 e. The highest BCUT2D eigenvalue weighted by molar-refractivity contribution is 5.94. The summed E-state index contributed by atoms with van der Waals surface area (Å²) in [5, 5.41) is 2.61. The zero-order chi connectivity index (χ0) is 9.84. The molecule has 0 spiro atoms. The van der Waals surface area contributed by atoms with Crippen molar-refractivity contribution in [3.05, 3.63) is 34.9 Å². The van der Waals surface area contributed by atoms with Crippen LogP contribution in [0.3, 0.4) is 0 Å². The van der Waals surface area contributed by atoms with Crippen molar-refractivity contribution in [3.8, 4) is 0 Å². The van der Waals surface area contributed by atoms with Crippen LogP contribution in [-0.2, 0) is 6.42 Å². The second-order valence-electron chi connectivity index (χ2n) is 3.07. The van der Waals surface area contributed by atoms with Crippen LogP contribution in [0.4, 0.5) is 0 Å². The van der Waals surface area contributed by atoms with Crippen molar-refractivity contribution in [3.63, 3.8) is 0 Å². The van der Waals surface area contributed by atoms with Gasteiger partial charge in [0.25, 0.3) is 5.91 Å². The molecule has 1 amide bonds. The van der Waals surface area contributed by atoms with Crippen LogP contribution in [0.5, 0.6) is 0 Å². The van der Waals surface area contributed by atoms with E-state index in [0.29, 0.717) is 0 Å². The van der Waals surface area contributed by atoms with Crippen molar-refractivity contribution >= 4 is 5.91 Å². The number of hydrogen-bond donors (Lipinski definition) is 1. The predicted octanol–water partition coefficient (Wildman–Crippen LogP) is 1.92. The zero-order valence-corrected chi connectivity index (χ0v) is 8.35. The van der Waals surface area contributed by atoms with Crippen molar-refractivity contribution < 1.29 is 4.79 Å². The van der Waals surface area contributed by atoms with Crippen LogP contribution < -0.4 is 5.32 Å². The molecule has 0 bridgehead atoms. The molecule has 0 aliphatic carbocycles. The van der Waals surface area contributed by atoms with Crippen LogP contribution in [0.1, 0.15) is 28.4 Å². The maximum Gasteiger partial charge on any atom is 0.251 e. The Morgan fingerprint density at radius 1 is 1.46 bits per heavy atom. The fourth-order valence-electron chi connectivity index (χ4n) is 1.38. The molecule has 0 aliphatic rings. The summed E-state index contributed by atoms with van der Waals surface area (Å²) in [5.41, 5.74) is 3.22. The summed E-state index contributed by atoms with van der Waals surface area (Å²) in [4.78, 5) is 11.3. The Kier molecular flexibility index (Phi) is 3.07. The lowest BCUT2D eigenvalue weighted by molar-refractivity contribution is 0.0963. The molecule has 0 unspecified atom stereocenters. The third-order valence-corrected chi connectivity index (χ3v) is 2.21. The molecule has 0 fully saturated rings. The SMILES string of the molecule is CCc1ccc(C(=O)NC)cc1C. The molecule has 1 rings (SSSR count). The molecule has 70 valence electrons. The van der Waals surface area contributed by atoms with Gasteiger partial charge >= 0.3 is 0 Å². The fourth-order valence-corrected chi connectivity index (χ4v) is 1.38. The van der Waals surface area contributed by atoms with Gasteiger partial charge in [0.2, 0.25) is 0 Å². The fraction of sp³-hybridized carbons (Fsp3) is 0.364. The Hall–Kier alpha value is -1.31. The van der Waals surface area contributed by atoms with Gasteiger partial charge in [-0.05, 0) is 36.6 Å². The Balaban J connectivity index is 3.02. The van der Waals surface area contributed by atoms with Gasteiger partial charge in [0.05, 0.1) is 0 Å². The van der Waals surface area contributed by atoms with E-state index >= 15 is 0 Å². The molecule has 1 aromatic carbocycles. The number of aryl methyl sites for hydroxylation is 2. The van der Waals surface area contributed by atoms with Gasteiger partial charge in [0.1, 0.15) is 0 Å². The standard InChI is InChI=1S/C11H15NO/c1-4-9-5-6-10(7-8(9)2)11(13)12-3/h5-7H,4H2,1-3H3,(H,12,13). The molecule has 2 heteroatoms. The van der Waals surface area contributed by atoms with E-state index in [2.05, 4.69) is 12.2 Å². The molecule has 0 saturated heterocycles. The van der Waals surface area contributed by atoms with Crippen molar-refractivity contribution in [1.82, 2.24) is 5.32 Å². The van der Waals surface area contributed by atoms with E-state index in [9.17, 15) is 4.79 Å². The van der Waals surface area contributed by atoms with Crippen LogP contribution in [0.25, 0.3) is 0 Å². The second kappa shape index (κ2) is 4.08. The van der Waals surface area contributed by atoms with Gasteiger partial charge in [0.15, 0.2) is 0 Å². The van der Waals surface area contributed by atoms with Crippen LogP contribution >= 0.6 is 0 Å². The van der Waals surface area contributed by atoms with Crippen LogP contribution in [0.2, 0.25) is 0 Å². The minimum atomic E-state index is -0.0225. The van der Waals surface area contributed by atoms with Crippen LogP contribution in [-0.4, -0.2) is 13.0 Å². The Bertz CT molecular complexity index is 318. The molecule has 0 radical (unpaired) electrons. The number of nitrogens with one attached hydrogen (secondary N) is 1. The van der Waals surface area contributed by atoms with E-state index in [4.69, 9.17) is 0 Å². The average molecular weight is 177 g/mol. The van der Waals surface area contributed by atoms with Crippen molar-refractivity contribution in [2.45, 2.75) is 20.3 Å². The first-order chi connectivity index (χ1) is 6.19. The van der Waals surface area contributed by atoms with Gasteiger partial charge in [-0.15, -0.1) is 0 Å². The van der Waals surface area contributed by atoms with Crippen LogP contribution in [0.15, 0.2) is 18.2 Å². The smallest absolute Gasteiger partial charge is 0.251 e. The maximum atomic E-state index is 11.3. The van der Waals surface area contributed by atoms with E-state index in [0.717, 1.165) is 12.0 Å². The molecule has 0 atom stereocenters. The average Bonchev–Trinajstić information content (AvgIpc) is 2.16. The summed E-state index contributed by atoms with van der Waals surface area (Å²) in [6, 6.07) is 5.81. The summed E-state index contributed by atoms with van der Waals surface area (Å²) in [6.45, 7) is 4.15. The number of carbonyl (C=O) groups excluding carboxylic acids is 1. The number of rotatable bonds is 2. The quantitative estimate of drug-likeness (QED) is 0.734. The minimum absolute atomic E-state index is 0.0225. The first kappa shape index (κ1) is 9.78. The number of carbonyl (C=O) groups is 1. The van der Waals surface area contributed by atoms with E-state index < -0.39 is 0 Å². The molecule has 1 N–H and O–H groups in total. The molecular formula is C11H15NO. The molecule has 0 heterocycles. The van der Waals surface area contributed by atoms with Crippen LogP contribution in [0, 0.1) is 6.92 Å². The maximum absolute atomic E-state index is 11.3. The van der Waals surface area contributed by atoms with E-state index in [1.54, 1.807) is 7.05 Å². The molecular weight excluding hydrogens is 162 g/mol. The van der Waals surface area contributed by atoms with E-state index in [-0.39, 0.29) is 5.91 Å². The first-order valence-corrected chi connectivity index (χ1v) is 4.50. The normalized spacial score (nSPS) is 9.77. The lowest BCUT2D eigenvalue weighted by Gasteiger charge is -2.05. The lowest BCUT2D eigenvalue weighted by atomic mass is 10.0. The lowest BCUT2D eigenvalue weighted by Crippen LogP contribution is -2.17. The Morgan fingerprint density at radius 3 is 2.62 bits per heavy atom. The van der Waals surface area contributed by atoms with E-state index in [1.807, 2.05) is 25.1 Å². The molecule has 13 heavy (non-hydrogen) atoms. The molecule has 0 saturated carbocycles. The van der Waals surface area contributed by atoms with Gasteiger partial charge in [-0.25, -0.2) is 0 Å². The van der Waals surface area contributed by atoms with E-state index in [1.165, 1.54) is 11.1 Å². The van der Waals surface area contributed by atoms with Crippen molar-refractivity contribution in [1.29, 1.82) is 0 Å². The highest BCUT2D eigenvalue weighted by Gasteiger charge is 2.04.